The molecule has 2 aromatic rings. The van der Waals surface area contributed by atoms with Crippen molar-refractivity contribution in [2.24, 2.45) is 0 Å². The summed E-state index contributed by atoms with van der Waals surface area (Å²) in [7, 11) is 0. The van der Waals surface area contributed by atoms with Crippen LogP contribution >= 0.6 is 0 Å². The van der Waals surface area contributed by atoms with Crippen molar-refractivity contribution >= 4 is 11.7 Å². The van der Waals surface area contributed by atoms with Crippen LogP contribution in [0.15, 0.2) is 24.5 Å². The quantitative estimate of drug-likeness (QED) is 0.907. The first-order chi connectivity index (χ1) is 11.0. The fourth-order valence-electron chi connectivity index (χ4n) is 2.72. The van der Waals surface area contributed by atoms with Crippen LogP contribution in [0.1, 0.15) is 32.2 Å². The molecule has 0 aliphatic carbocycles. The van der Waals surface area contributed by atoms with Crippen LogP contribution in [-0.4, -0.2) is 26.4 Å². The first kappa shape index (κ1) is 15.3. The summed E-state index contributed by atoms with van der Waals surface area (Å²) in [6.07, 6.45) is 2.48. The van der Waals surface area contributed by atoms with Crippen LogP contribution in [0.25, 0.3) is 0 Å². The van der Waals surface area contributed by atoms with Crippen molar-refractivity contribution in [2.45, 2.75) is 45.9 Å². The molecule has 7 nitrogen and oxygen atoms in total. The number of aryl methyl sites for hydroxylation is 1. The summed E-state index contributed by atoms with van der Waals surface area (Å²) in [6, 6.07) is 5.50. The van der Waals surface area contributed by atoms with Gasteiger partial charge in [0.05, 0.1) is 12.2 Å². The lowest BCUT2D eigenvalue weighted by Crippen LogP contribution is -2.30. The van der Waals surface area contributed by atoms with Crippen LogP contribution < -0.4 is 15.4 Å². The molecule has 2 amide bonds. The molecule has 3 rings (SSSR count). The Bertz CT molecular complexity index is 723. The standard InChI is InChI=1S/C16H21N5O2/c1-4-21-10-18-20-13(21)9-17-15(22)19-12-7-5-6-11-8-16(2,3)23-14(11)12/h5-7,10H,4,8-9H2,1-3H3,(H2,17,19,22). The van der Waals surface area contributed by atoms with E-state index in [0.29, 0.717) is 12.2 Å². The number of amides is 2. The lowest BCUT2D eigenvalue weighted by atomic mass is 10.0. The average Bonchev–Trinajstić information content (AvgIpc) is 3.07. The first-order valence-electron chi connectivity index (χ1n) is 7.71. The lowest BCUT2D eigenvalue weighted by Gasteiger charge is -2.18. The summed E-state index contributed by atoms with van der Waals surface area (Å²) >= 11 is 0. The minimum absolute atomic E-state index is 0.242. The number of ether oxygens (including phenoxy) is 1. The summed E-state index contributed by atoms with van der Waals surface area (Å²) < 4.78 is 7.83. The molecule has 0 saturated carbocycles. The predicted molar refractivity (Wildman–Crippen MR) is 86.4 cm³/mol. The Morgan fingerprint density at radius 3 is 3.04 bits per heavy atom. The monoisotopic (exact) mass is 315 g/mol. The summed E-state index contributed by atoms with van der Waals surface area (Å²) in [5.41, 5.74) is 1.55. The number of hydrogen-bond acceptors (Lipinski definition) is 4. The van der Waals surface area contributed by atoms with Crippen molar-refractivity contribution in [1.82, 2.24) is 20.1 Å². The third kappa shape index (κ3) is 3.28. The van der Waals surface area contributed by atoms with Crippen molar-refractivity contribution in [2.75, 3.05) is 5.32 Å². The highest BCUT2D eigenvalue weighted by Crippen LogP contribution is 2.40. The Morgan fingerprint density at radius 2 is 2.26 bits per heavy atom. The molecule has 2 N–H and O–H groups in total. The molecule has 122 valence electrons. The van der Waals surface area contributed by atoms with E-state index in [4.69, 9.17) is 4.74 Å². The van der Waals surface area contributed by atoms with Crippen LogP contribution in [0, 0.1) is 0 Å². The summed E-state index contributed by atoms with van der Waals surface area (Å²) in [6.45, 7) is 7.16. The topological polar surface area (TPSA) is 81.1 Å². The van der Waals surface area contributed by atoms with Gasteiger partial charge in [-0.1, -0.05) is 12.1 Å². The summed E-state index contributed by atoms with van der Waals surface area (Å²) in [5, 5.41) is 13.5. The van der Waals surface area contributed by atoms with E-state index in [1.807, 2.05) is 43.5 Å². The van der Waals surface area contributed by atoms with Crippen molar-refractivity contribution < 1.29 is 9.53 Å². The third-order valence-electron chi connectivity index (χ3n) is 3.78. The largest absolute Gasteiger partial charge is 0.485 e. The van der Waals surface area contributed by atoms with Gasteiger partial charge in [0, 0.05) is 18.5 Å². The molecule has 23 heavy (non-hydrogen) atoms. The Labute approximate surface area is 135 Å². The smallest absolute Gasteiger partial charge is 0.319 e. The van der Waals surface area contributed by atoms with Crippen LogP contribution in [0.3, 0.4) is 0 Å². The van der Waals surface area contributed by atoms with Gasteiger partial charge in [-0.05, 0) is 26.8 Å². The highest BCUT2D eigenvalue weighted by Gasteiger charge is 2.31. The van der Waals surface area contributed by atoms with E-state index >= 15 is 0 Å². The number of carbonyl (C=O) groups is 1. The third-order valence-corrected chi connectivity index (χ3v) is 3.78. The van der Waals surface area contributed by atoms with Crippen molar-refractivity contribution in [3.8, 4) is 5.75 Å². The number of nitrogens with one attached hydrogen (secondary N) is 2. The van der Waals surface area contributed by atoms with Crippen molar-refractivity contribution in [3.63, 3.8) is 0 Å². The second kappa shape index (κ2) is 5.91. The Morgan fingerprint density at radius 1 is 1.43 bits per heavy atom. The molecule has 0 saturated heterocycles. The molecule has 1 aromatic carbocycles. The number of benzene rings is 1. The number of hydrogen-bond donors (Lipinski definition) is 2. The van der Waals surface area contributed by atoms with Gasteiger partial charge in [0.1, 0.15) is 17.7 Å². The van der Waals surface area contributed by atoms with Gasteiger partial charge in [-0.15, -0.1) is 10.2 Å². The van der Waals surface area contributed by atoms with Gasteiger partial charge in [0.2, 0.25) is 0 Å². The van der Waals surface area contributed by atoms with E-state index in [2.05, 4.69) is 20.8 Å². The van der Waals surface area contributed by atoms with Gasteiger partial charge in [-0.2, -0.15) is 0 Å². The number of carbonyl (C=O) groups excluding carboxylic acids is 1. The highest BCUT2D eigenvalue weighted by atomic mass is 16.5. The van der Waals surface area contributed by atoms with Crippen LogP contribution in [0.2, 0.25) is 0 Å². The molecule has 1 aromatic heterocycles. The van der Waals surface area contributed by atoms with Crippen LogP contribution in [-0.2, 0) is 19.5 Å². The molecule has 2 heterocycles. The van der Waals surface area contributed by atoms with E-state index < -0.39 is 0 Å². The molecule has 0 unspecified atom stereocenters. The normalized spacial score (nSPS) is 14.9. The van der Waals surface area contributed by atoms with Crippen molar-refractivity contribution in [3.05, 3.63) is 35.9 Å². The minimum Gasteiger partial charge on any atom is -0.485 e. The number of anilines is 1. The predicted octanol–water partition coefficient (Wildman–Crippen LogP) is 2.33. The average molecular weight is 315 g/mol. The van der Waals surface area contributed by atoms with Gasteiger partial charge in [-0.25, -0.2) is 4.79 Å². The summed E-state index contributed by atoms with van der Waals surface area (Å²) in [4.78, 5) is 12.1. The van der Waals surface area contributed by atoms with Crippen LogP contribution in [0.5, 0.6) is 5.75 Å². The maximum atomic E-state index is 12.1. The lowest BCUT2D eigenvalue weighted by molar-refractivity contribution is 0.139. The molecule has 0 bridgehead atoms. The summed E-state index contributed by atoms with van der Waals surface area (Å²) in [5.74, 6) is 1.47. The van der Waals surface area contributed by atoms with E-state index in [9.17, 15) is 4.79 Å². The SMILES string of the molecule is CCn1cnnc1CNC(=O)Nc1cccc2c1OC(C)(C)C2. The second-order valence-corrected chi connectivity index (χ2v) is 6.17. The Hall–Kier alpha value is -2.57. The zero-order chi connectivity index (χ0) is 16.4. The number of nitrogens with zero attached hydrogens (tertiary/aromatic N) is 3. The molecule has 0 fully saturated rings. The molecular formula is C16H21N5O2. The van der Waals surface area contributed by atoms with E-state index in [-0.39, 0.29) is 11.6 Å². The molecule has 0 radical (unpaired) electrons. The van der Waals surface area contributed by atoms with Crippen LogP contribution in [0.4, 0.5) is 10.5 Å². The Kier molecular flexibility index (Phi) is 3.94. The molecule has 1 aliphatic heterocycles. The van der Waals surface area contributed by atoms with Gasteiger partial charge in [0.25, 0.3) is 0 Å². The number of para-hydroxylation sites is 1. The maximum Gasteiger partial charge on any atom is 0.319 e. The van der Waals surface area contributed by atoms with Gasteiger partial charge in [-0.3, -0.25) is 0 Å². The second-order valence-electron chi connectivity index (χ2n) is 6.17. The number of rotatable bonds is 4. The Balaban J connectivity index is 1.65. The van der Waals surface area contributed by atoms with Gasteiger partial charge in [0.15, 0.2) is 5.82 Å². The van der Waals surface area contributed by atoms with Crippen molar-refractivity contribution in [1.29, 1.82) is 0 Å². The zero-order valence-electron chi connectivity index (χ0n) is 13.6. The van der Waals surface area contributed by atoms with E-state index in [0.717, 1.165) is 30.1 Å². The number of aromatic nitrogens is 3. The fourth-order valence-corrected chi connectivity index (χ4v) is 2.72. The highest BCUT2D eigenvalue weighted by molar-refractivity contribution is 5.91. The fraction of sp³-hybridized carbons (Fsp3) is 0.438. The number of fused-ring (bicyclic) bond motifs is 1. The maximum absolute atomic E-state index is 12.1. The minimum atomic E-state index is -0.294. The van der Waals surface area contributed by atoms with E-state index in [1.165, 1.54) is 0 Å². The van der Waals surface area contributed by atoms with Gasteiger partial charge >= 0.3 is 6.03 Å². The molecule has 7 heteroatoms. The first-order valence-corrected chi connectivity index (χ1v) is 7.71. The zero-order valence-corrected chi connectivity index (χ0v) is 13.6. The molecule has 1 aliphatic rings. The van der Waals surface area contributed by atoms with E-state index in [1.54, 1.807) is 6.33 Å². The molecule has 0 atom stereocenters. The number of urea groups is 1. The molecule has 0 spiro atoms. The molecular weight excluding hydrogens is 294 g/mol. The van der Waals surface area contributed by atoms with Gasteiger partial charge < -0.3 is 19.9 Å².